The maximum atomic E-state index is 11.8. The number of pyridine rings is 1. The van der Waals surface area contributed by atoms with Crippen molar-refractivity contribution in [3.05, 3.63) is 44.2 Å². The minimum absolute atomic E-state index is 0. The van der Waals surface area contributed by atoms with Crippen molar-refractivity contribution in [3.63, 3.8) is 0 Å². The highest BCUT2D eigenvalue weighted by atomic mass is 35.5. The predicted molar refractivity (Wildman–Crippen MR) is 65.2 cm³/mol. The number of hydrogen-bond donors (Lipinski definition) is 2. The molecule has 2 aromatic rings. The van der Waals surface area contributed by atoms with Crippen LogP contribution in [0.4, 0.5) is 0 Å². The first kappa shape index (κ1) is 13.5. The zero-order chi connectivity index (χ0) is 11.9. The van der Waals surface area contributed by atoms with E-state index >= 15 is 0 Å². The average Bonchev–Trinajstić information content (AvgIpc) is 2.22. The number of aromatic carboxylic acids is 1. The van der Waals surface area contributed by atoms with Crippen LogP contribution in [-0.2, 0) is 0 Å². The van der Waals surface area contributed by atoms with Gasteiger partial charge in [0.25, 0.3) is 0 Å². The van der Waals surface area contributed by atoms with Crippen molar-refractivity contribution in [1.82, 2.24) is 4.98 Å². The molecule has 1 aromatic carbocycles. The Morgan fingerprint density at radius 2 is 1.94 bits per heavy atom. The van der Waals surface area contributed by atoms with Gasteiger partial charge in [0, 0.05) is 0 Å². The lowest BCUT2D eigenvalue weighted by Gasteiger charge is -2.04. The summed E-state index contributed by atoms with van der Waals surface area (Å²) in [7, 11) is 0. The highest BCUT2D eigenvalue weighted by molar-refractivity contribution is 6.37. The second-order valence-corrected chi connectivity index (χ2v) is 3.90. The molecule has 90 valence electrons. The molecule has 0 bridgehead atoms. The van der Waals surface area contributed by atoms with Crippen LogP contribution in [-0.4, -0.2) is 21.5 Å². The standard InChI is InChI=1S/C10H5Cl2NO3.H2O/c11-4-2-1-3-5-6(4)9(14)7(12)8(13-5)10(15)16;/h1-3H,(H,13,14)(H,15,16);1H2. The third-order valence-corrected chi connectivity index (χ3v) is 2.81. The molecule has 0 saturated carbocycles. The molecular formula is C10H7Cl2NO4. The van der Waals surface area contributed by atoms with Gasteiger partial charge in [0.15, 0.2) is 0 Å². The number of carbonyl (C=O) groups is 1. The summed E-state index contributed by atoms with van der Waals surface area (Å²) in [6.07, 6.45) is 0. The molecule has 5 nitrogen and oxygen atoms in total. The third kappa shape index (κ3) is 2.12. The van der Waals surface area contributed by atoms with Crippen molar-refractivity contribution in [1.29, 1.82) is 0 Å². The van der Waals surface area contributed by atoms with Gasteiger partial charge in [-0.2, -0.15) is 0 Å². The molecule has 0 radical (unpaired) electrons. The number of rotatable bonds is 1. The van der Waals surface area contributed by atoms with E-state index in [4.69, 9.17) is 28.3 Å². The summed E-state index contributed by atoms with van der Waals surface area (Å²) < 4.78 is 0. The number of hydrogen-bond acceptors (Lipinski definition) is 2. The second-order valence-electron chi connectivity index (χ2n) is 3.11. The van der Waals surface area contributed by atoms with Gasteiger partial charge in [0.1, 0.15) is 10.7 Å². The van der Waals surface area contributed by atoms with E-state index in [1.165, 1.54) is 6.07 Å². The molecule has 0 aliphatic carbocycles. The van der Waals surface area contributed by atoms with E-state index in [0.717, 1.165) is 0 Å². The first-order chi connectivity index (χ1) is 7.52. The number of aromatic nitrogens is 1. The van der Waals surface area contributed by atoms with Crippen molar-refractivity contribution < 1.29 is 15.4 Å². The van der Waals surface area contributed by atoms with Crippen LogP contribution in [0.15, 0.2) is 23.0 Å². The summed E-state index contributed by atoms with van der Waals surface area (Å²) in [5, 5.41) is 8.89. The van der Waals surface area contributed by atoms with Gasteiger partial charge in [-0.05, 0) is 12.1 Å². The lowest BCUT2D eigenvalue weighted by molar-refractivity contribution is 0.0691. The molecule has 1 aromatic heterocycles. The Hall–Kier alpha value is -1.56. The van der Waals surface area contributed by atoms with Crippen LogP contribution in [0.1, 0.15) is 10.5 Å². The molecule has 0 fully saturated rings. The van der Waals surface area contributed by atoms with Gasteiger partial charge in [-0.25, -0.2) is 4.79 Å². The smallest absolute Gasteiger partial charge is 0.354 e. The highest BCUT2D eigenvalue weighted by Crippen LogP contribution is 2.22. The quantitative estimate of drug-likeness (QED) is 0.828. The average molecular weight is 276 g/mol. The zero-order valence-corrected chi connectivity index (χ0v) is 9.76. The minimum Gasteiger partial charge on any atom is -0.477 e. The molecule has 2 rings (SSSR count). The molecule has 0 aliphatic rings. The van der Waals surface area contributed by atoms with Crippen LogP contribution >= 0.6 is 23.2 Å². The SMILES string of the molecule is O.O=C(O)c1[nH]c2cccc(Cl)c2c(=O)c1Cl. The monoisotopic (exact) mass is 275 g/mol. The number of halogens is 2. The maximum absolute atomic E-state index is 11.8. The van der Waals surface area contributed by atoms with Crippen LogP contribution in [0, 0.1) is 0 Å². The van der Waals surface area contributed by atoms with Crippen molar-refractivity contribution in [2.75, 3.05) is 0 Å². The van der Waals surface area contributed by atoms with Gasteiger partial charge in [-0.1, -0.05) is 29.3 Å². The van der Waals surface area contributed by atoms with E-state index in [2.05, 4.69) is 4.98 Å². The van der Waals surface area contributed by atoms with Crippen molar-refractivity contribution >= 4 is 40.1 Å². The third-order valence-electron chi connectivity index (χ3n) is 2.13. The zero-order valence-electron chi connectivity index (χ0n) is 8.25. The predicted octanol–water partition coefficient (Wildman–Crippen LogP) is 1.71. The fourth-order valence-corrected chi connectivity index (χ4v) is 1.90. The number of aromatic amines is 1. The van der Waals surface area contributed by atoms with Crippen LogP contribution < -0.4 is 5.43 Å². The van der Waals surface area contributed by atoms with Gasteiger partial charge in [0.2, 0.25) is 5.43 Å². The minimum atomic E-state index is -1.29. The molecule has 17 heavy (non-hydrogen) atoms. The van der Waals surface area contributed by atoms with Crippen LogP contribution in [0.3, 0.4) is 0 Å². The molecule has 0 amide bonds. The lowest BCUT2D eigenvalue weighted by Crippen LogP contribution is -2.12. The maximum Gasteiger partial charge on any atom is 0.354 e. The highest BCUT2D eigenvalue weighted by Gasteiger charge is 2.16. The van der Waals surface area contributed by atoms with E-state index in [-0.39, 0.29) is 26.6 Å². The molecular weight excluding hydrogens is 269 g/mol. The van der Waals surface area contributed by atoms with Gasteiger partial charge < -0.3 is 15.6 Å². The molecule has 0 spiro atoms. The molecule has 7 heteroatoms. The van der Waals surface area contributed by atoms with Gasteiger partial charge >= 0.3 is 5.97 Å². The summed E-state index contributed by atoms with van der Waals surface area (Å²) in [5.74, 6) is -1.29. The van der Waals surface area contributed by atoms with Crippen molar-refractivity contribution in [3.8, 4) is 0 Å². The van der Waals surface area contributed by atoms with E-state index < -0.39 is 11.4 Å². The number of carboxylic acids is 1. The fourth-order valence-electron chi connectivity index (χ4n) is 1.42. The molecule has 0 atom stereocenters. The van der Waals surface area contributed by atoms with Crippen LogP contribution in [0.25, 0.3) is 10.9 Å². The number of nitrogens with one attached hydrogen (secondary N) is 1. The number of carboxylic acid groups (broad SMARTS) is 1. The summed E-state index contributed by atoms with van der Waals surface area (Å²) in [4.78, 5) is 25.1. The Bertz CT molecular complexity index is 651. The van der Waals surface area contributed by atoms with Gasteiger partial charge in [-0.15, -0.1) is 0 Å². The molecule has 4 N–H and O–H groups in total. The Balaban J connectivity index is 0.00000144. The Morgan fingerprint density at radius 3 is 2.53 bits per heavy atom. The summed E-state index contributed by atoms with van der Waals surface area (Å²) in [6, 6.07) is 4.71. The van der Waals surface area contributed by atoms with E-state index in [1.54, 1.807) is 12.1 Å². The van der Waals surface area contributed by atoms with Gasteiger partial charge in [0.05, 0.1) is 15.9 Å². The largest absolute Gasteiger partial charge is 0.477 e. The fraction of sp³-hybridized carbons (Fsp3) is 0. The number of H-pyrrole nitrogens is 1. The lowest BCUT2D eigenvalue weighted by atomic mass is 10.2. The van der Waals surface area contributed by atoms with Crippen LogP contribution in [0.5, 0.6) is 0 Å². The summed E-state index contributed by atoms with van der Waals surface area (Å²) in [6.45, 7) is 0. The molecule has 1 heterocycles. The van der Waals surface area contributed by atoms with E-state index in [9.17, 15) is 9.59 Å². The molecule has 0 saturated heterocycles. The Morgan fingerprint density at radius 1 is 1.29 bits per heavy atom. The number of fused-ring (bicyclic) bond motifs is 1. The first-order valence-corrected chi connectivity index (χ1v) is 5.01. The van der Waals surface area contributed by atoms with Crippen LogP contribution in [0.2, 0.25) is 10.0 Å². The van der Waals surface area contributed by atoms with E-state index in [0.29, 0.717) is 5.52 Å². The summed E-state index contributed by atoms with van der Waals surface area (Å²) >= 11 is 11.5. The first-order valence-electron chi connectivity index (χ1n) is 4.25. The molecule has 0 aliphatic heterocycles. The Labute approximate surface area is 105 Å². The molecule has 0 unspecified atom stereocenters. The summed E-state index contributed by atoms with van der Waals surface area (Å²) in [5.41, 5.74) is -0.570. The van der Waals surface area contributed by atoms with Gasteiger partial charge in [-0.3, -0.25) is 4.79 Å². The Kier molecular flexibility index (Phi) is 3.77. The van der Waals surface area contributed by atoms with Crippen molar-refractivity contribution in [2.24, 2.45) is 0 Å². The normalized spacial score (nSPS) is 10.0. The second kappa shape index (κ2) is 4.75. The van der Waals surface area contributed by atoms with Crippen molar-refractivity contribution in [2.45, 2.75) is 0 Å². The van der Waals surface area contributed by atoms with E-state index in [1.807, 2.05) is 0 Å². The number of benzene rings is 1. The topological polar surface area (TPSA) is 102 Å².